The van der Waals surface area contributed by atoms with E-state index in [9.17, 15) is 4.79 Å². The predicted molar refractivity (Wildman–Crippen MR) is 149 cm³/mol. The fraction of sp³-hybridized carbons (Fsp3) is 0.121. The van der Waals surface area contributed by atoms with Crippen molar-refractivity contribution in [1.82, 2.24) is 0 Å². The number of hydrogen-bond acceptors (Lipinski definition) is 2. The molecule has 2 atom stereocenters. The summed E-state index contributed by atoms with van der Waals surface area (Å²) in [5.41, 5.74) is 5.47. The average Bonchev–Trinajstić information content (AvgIpc) is 2.94. The minimum absolute atomic E-state index is 0.0153. The van der Waals surface area contributed by atoms with Gasteiger partial charge in [0.1, 0.15) is 5.75 Å². The van der Waals surface area contributed by atoms with E-state index in [2.05, 4.69) is 72.8 Å². The van der Waals surface area contributed by atoms with E-state index in [1.807, 2.05) is 65.6 Å². The molecule has 1 saturated heterocycles. The highest BCUT2D eigenvalue weighted by Crippen LogP contribution is 2.45. The number of methoxy groups -OCH3 is 1. The monoisotopic (exact) mass is 471 g/mol. The highest BCUT2D eigenvalue weighted by molar-refractivity contribution is 6.03. The van der Waals surface area contributed by atoms with E-state index >= 15 is 0 Å². The van der Waals surface area contributed by atoms with Crippen molar-refractivity contribution in [1.29, 1.82) is 0 Å². The van der Waals surface area contributed by atoms with Gasteiger partial charge >= 0.3 is 0 Å². The topological polar surface area (TPSA) is 29.5 Å². The van der Waals surface area contributed by atoms with Crippen molar-refractivity contribution < 1.29 is 9.53 Å². The Labute approximate surface area is 213 Å². The van der Waals surface area contributed by atoms with Crippen molar-refractivity contribution in [3.8, 4) is 5.75 Å². The summed E-state index contributed by atoms with van der Waals surface area (Å²) in [6, 6.07) is 36.7. The van der Waals surface area contributed by atoms with Gasteiger partial charge in [-0.2, -0.15) is 0 Å². The van der Waals surface area contributed by atoms with Gasteiger partial charge in [-0.15, -0.1) is 0 Å². The van der Waals surface area contributed by atoms with E-state index in [-0.39, 0.29) is 17.9 Å². The van der Waals surface area contributed by atoms with E-state index in [0.29, 0.717) is 6.42 Å². The van der Waals surface area contributed by atoms with Gasteiger partial charge in [0.15, 0.2) is 0 Å². The minimum Gasteiger partial charge on any atom is -0.497 e. The first-order valence-corrected chi connectivity index (χ1v) is 12.2. The Hall–Kier alpha value is -4.37. The molecule has 5 rings (SSSR count). The molecule has 178 valence electrons. The maximum absolute atomic E-state index is 13.3. The fourth-order valence-corrected chi connectivity index (χ4v) is 4.67. The zero-order valence-corrected chi connectivity index (χ0v) is 20.3. The van der Waals surface area contributed by atoms with Gasteiger partial charge < -0.3 is 9.64 Å². The number of anilines is 1. The van der Waals surface area contributed by atoms with Crippen LogP contribution in [0, 0.1) is 5.92 Å². The Balaban J connectivity index is 1.38. The second-order valence-electron chi connectivity index (χ2n) is 8.92. The van der Waals surface area contributed by atoms with Gasteiger partial charge in [-0.3, -0.25) is 4.79 Å². The first-order valence-electron chi connectivity index (χ1n) is 12.2. The highest BCUT2D eigenvalue weighted by Gasteiger charge is 2.47. The third-order valence-electron chi connectivity index (χ3n) is 6.61. The molecule has 0 aliphatic carbocycles. The van der Waals surface area contributed by atoms with E-state index < -0.39 is 0 Å². The van der Waals surface area contributed by atoms with E-state index in [1.165, 1.54) is 5.56 Å². The molecule has 0 N–H and O–H groups in total. The second-order valence-corrected chi connectivity index (χ2v) is 8.92. The Kier molecular flexibility index (Phi) is 7.09. The third-order valence-corrected chi connectivity index (χ3v) is 6.61. The van der Waals surface area contributed by atoms with Crippen LogP contribution in [-0.4, -0.2) is 13.0 Å². The number of carbonyl (C=O) groups excluding carboxylic acids is 1. The lowest BCUT2D eigenvalue weighted by Crippen LogP contribution is -2.55. The number of ether oxygens (including phenoxy) is 1. The molecule has 1 heterocycles. The van der Waals surface area contributed by atoms with Crippen LogP contribution in [0.1, 0.15) is 34.7 Å². The van der Waals surface area contributed by atoms with E-state index in [4.69, 9.17) is 4.74 Å². The van der Waals surface area contributed by atoms with E-state index in [0.717, 1.165) is 28.1 Å². The molecule has 0 bridgehead atoms. The number of hydrogen-bond donors (Lipinski definition) is 0. The highest BCUT2D eigenvalue weighted by atomic mass is 16.5. The van der Waals surface area contributed by atoms with Crippen molar-refractivity contribution in [2.24, 2.45) is 5.92 Å². The number of β-lactam (4-membered cyclic amide) rings is 1. The summed E-state index contributed by atoms with van der Waals surface area (Å²) < 4.78 is 5.30. The molecule has 36 heavy (non-hydrogen) atoms. The van der Waals surface area contributed by atoms with Crippen molar-refractivity contribution in [2.45, 2.75) is 12.5 Å². The van der Waals surface area contributed by atoms with Crippen LogP contribution < -0.4 is 9.64 Å². The molecule has 0 spiro atoms. The van der Waals surface area contributed by atoms with Gasteiger partial charge in [-0.05, 0) is 52.9 Å². The molecule has 3 nitrogen and oxygen atoms in total. The third kappa shape index (κ3) is 5.16. The first kappa shape index (κ1) is 23.4. The maximum Gasteiger partial charge on any atom is 0.233 e. The van der Waals surface area contributed by atoms with Crippen LogP contribution in [0.4, 0.5) is 5.69 Å². The summed E-state index contributed by atoms with van der Waals surface area (Å²) in [7, 11) is 1.65. The molecule has 0 unspecified atom stereocenters. The Bertz CT molecular complexity index is 1340. The lowest BCUT2D eigenvalue weighted by molar-refractivity contribution is -0.130. The van der Waals surface area contributed by atoms with E-state index in [1.54, 1.807) is 7.11 Å². The Morgan fingerprint density at radius 1 is 0.694 bits per heavy atom. The summed E-state index contributed by atoms with van der Waals surface area (Å²) in [6.07, 6.45) is 9.14. The van der Waals surface area contributed by atoms with Crippen molar-refractivity contribution in [3.05, 3.63) is 138 Å². The van der Waals surface area contributed by atoms with Crippen molar-refractivity contribution in [2.75, 3.05) is 12.0 Å². The summed E-state index contributed by atoms with van der Waals surface area (Å²) in [5.74, 6) is 0.828. The maximum atomic E-state index is 13.3. The van der Waals surface area contributed by atoms with Crippen LogP contribution in [0.3, 0.4) is 0 Å². The lowest BCUT2D eigenvalue weighted by Gasteiger charge is -2.47. The van der Waals surface area contributed by atoms with Gasteiger partial charge in [-0.25, -0.2) is 0 Å². The molecule has 0 aromatic heterocycles. The number of rotatable bonds is 8. The standard InChI is InChI=1S/C33H29NO2/c1-36-30-23-21-29(22-24-30)34-32(31(33(34)35)14-8-13-25-9-4-2-5-10-25)28-19-17-27(18-20-28)16-15-26-11-6-3-7-12-26/h2-13,15-24,31-32H,14H2,1H3/b13-8+,16-15+/t31-,32-/m1/s1. The largest absolute Gasteiger partial charge is 0.497 e. The molecule has 4 aromatic rings. The van der Waals surface area contributed by atoms with Crippen LogP contribution in [-0.2, 0) is 4.79 Å². The van der Waals surface area contributed by atoms with Gasteiger partial charge in [0, 0.05) is 5.69 Å². The minimum atomic E-state index is -0.0993. The quantitative estimate of drug-likeness (QED) is 0.195. The summed E-state index contributed by atoms with van der Waals surface area (Å²) in [5, 5.41) is 0. The van der Waals surface area contributed by atoms with Crippen LogP contribution >= 0.6 is 0 Å². The number of allylic oxidation sites excluding steroid dienone is 1. The Morgan fingerprint density at radius 2 is 1.25 bits per heavy atom. The number of amides is 1. The van der Waals surface area contributed by atoms with Gasteiger partial charge in [0.05, 0.1) is 19.1 Å². The van der Waals surface area contributed by atoms with Crippen molar-refractivity contribution >= 4 is 29.8 Å². The zero-order chi connectivity index (χ0) is 24.7. The first-order chi connectivity index (χ1) is 17.7. The number of nitrogens with zero attached hydrogens (tertiary/aromatic N) is 1. The summed E-state index contributed by atoms with van der Waals surface area (Å²) in [6.45, 7) is 0. The molecule has 1 aliphatic rings. The normalized spacial score (nSPS) is 17.5. The fourth-order valence-electron chi connectivity index (χ4n) is 4.67. The average molecular weight is 472 g/mol. The molecule has 1 aliphatic heterocycles. The molecule has 1 fully saturated rings. The molecule has 0 radical (unpaired) electrons. The molecular formula is C33H29NO2. The van der Waals surface area contributed by atoms with Gasteiger partial charge in [0.25, 0.3) is 0 Å². The number of benzene rings is 4. The van der Waals surface area contributed by atoms with Crippen LogP contribution in [0.25, 0.3) is 18.2 Å². The molecule has 1 amide bonds. The van der Waals surface area contributed by atoms with Gasteiger partial charge in [-0.1, -0.05) is 109 Å². The predicted octanol–water partition coefficient (Wildman–Crippen LogP) is 7.67. The van der Waals surface area contributed by atoms with Crippen LogP contribution in [0.2, 0.25) is 0 Å². The molecule has 0 saturated carbocycles. The zero-order valence-electron chi connectivity index (χ0n) is 20.3. The Morgan fingerprint density at radius 3 is 1.83 bits per heavy atom. The van der Waals surface area contributed by atoms with Crippen molar-refractivity contribution in [3.63, 3.8) is 0 Å². The SMILES string of the molecule is COc1ccc(N2C(=O)[C@H](C/C=C/c3ccccc3)[C@H]2c2ccc(/C=C/c3ccccc3)cc2)cc1. The smallest absolute Gasteiger partial charge is 0.233 e. The summed E-state index contributed by atoms with van der Waals surface area (Å²) in [4.78, 5) is 15.2. The molecule has 4 aromatic carbocycles. The summed E-state index contributed by atoms with van der Waals surface area (Å²) >= 11 is 0. The van der Waals surface area contributed by atoms with Gasteiger partial charge in [0.2, 0.25) is 5.91 Å². The van der Waals surface area contributed by atoms with Crippen LogP contribution in [0.5, 0.6) is 5.75 Å². The second kappa shape index (κ2) is 10.9. The van der Waals surface area contributed by atoms with Crippen LogP contribution in [0.15, 0.2) is 115 Å². The number of carbonyl (C=O) groups is 1. The molecule has 3 heteroatoms. The molecular weight excluding hydrogens is 442 g/mol. The lowest BCUT2D eigenvalue weighted by atomic mass is 9.79.